The standard InChI is InChI=1S/C42H48O4/c1-7-17-29-30(18-8-2)32(20-10-4)34-26-36-35(25-33(34)31(29)19-9-3)37(27-21-13-11-14-22-27)39(41(43)45-5)40(42(44)46-6)38(36)28-23-15-12-16-24-28/h11-16,21-24H,7-10,17-20,25-26H2,1-6H3. The molecule has 0 unspecified atom stereocenters. The zero-order chi connectivity index (χ0) is 32.8. The van der Waals surface area contributed by atoms with E-state index in [0.29, 0.717) is 12.8 Å². The summed E-state index contributed by atoms with van der Waals surface area (Å²) in [6, 6.07) is 20.0. The van der Waals surface area contributed by atoms with Gasteiger partial charge in [0.1, 0.15) is 0 Å². The molecule has 0 spiro atoms. The fraction of sp³-hybridized carbons (Fsp3) is 0.381. The number of benzene rings is 4. The number of ether oxygens (including phenoxy) is 2. The Hall–Kier alpha value is -4.18. The van der Waals surface area contributed by atoms with Crippen LogP contribution in [0.2, 0.25) is 0 Å². The minimum Gasteiger partial charge on any atom is -0.465 e. The topological polar surface area (TPSA) is 52.6 Å². The van der Waals surface area contributed by atoms with E-state index in [0.717, 1.165) is 84.7 Å². The third-order valence-corrected chi connectivity index (χ3v) is 9.51. The van der Waals surface area contributed by atoms with E-state index >= 15 is 0 Å². The molecule has 0 saturated heterocycles. The second-order valence-corrected chi connectivity index (χ2v) is 12.4. The Kier molecular flexibility index (Phi) is 10.8. The van der Waals surface area contributed by atoms with Crippen LogP contribution >= 0.6 is 0 Å². The van der Waals surface area contributed by atoms with Crippen molar-refractivity contribution in [3.05, 3.63) is 116 Å². The molecule has 0 atom stereocenters. The number of methoxy groups -OCH3 is 2. The molecule has 4 aromatic carbocycles. The van der Waals surface area contributed by atoms with Crippen LogP contribution in [0.15, 0.2) is 60.7 Å². The largest absolute Gasteiger partial charge is 0.465 e. The van der Waals surface area contributed by atoms with Gasteiger partial charge in [0.15, 0.2) is 0 Å². The van der Waals surface area contributed by atoms with E-state index in [1.54, 1.807) is 11.1 Å². The van der Waals surface area contributed by atoms with Crippen LogP contribution in [-0.4, -0.2) is 26.2 Å². The van der Waals surface area contributed by atoms with Crippen molar-refractivity contribution < 1.29 is 19.1 Å². The van der Waals surface area contributed by atoms with Crippen LogP contribution in [0.4, 0.5) is 0 Å². The number of hydrogen-bond donors (Lipinski definition) is 0. The fourth-order valence-electron chi connectivity index (χ4n) is 7.78. The lowest BCUT2D eigenvalue weighted by molar-refractivity contribution is 0.0556. The highest BCUT2D eigenvalue weighted by atomic mass is 16.5. The van der Waals surface area contributed by atoms with E-state index in [1.165, 1.54) is 36.5 Å². The fourth-order valence-corrected chi connectivity index (χ4v) is 7.78. The molecule has 0 fully saturated rings. The molecule has 1 aliphatic rings. The smallest absolute Gasteiger partial charge is 0.339 e. The van der Waals surface area contributed by atoms with E-state index < -0.39 is 11.9 Å². The lowest BCUT2D eigenvalue weighted by Gasteiger charge is -2.34. The number of carbonyl (C=O) groups is 2. The maximum absolute atomic E-state index is 13.9. The monoisotopic (exact) mass is 616 g/mol. The van der Waals surface area contributed by atoms with Crippen molar-refractivity contribution >= 4 is 11.9 Å². The van der Waals surface area contributed by atoms with Crippen molar-refractivity contribution in [2.75, 3.05) is 14.2 Å². The van der Waals surface area contributed by atoms with E-state index in [9.17, 15) is 9.59 Å². The van der Waals surface area contributed by atoms with Gasteiger partial charge in [0, 0.05) is 11.1 Å². The Balaban J connectivity index is 2.00. The third-order valence-electron chi connectivity index (χ3n) is 9.51. The number of rotatable bonds is 12. The van der Waals surface area contributed by atoms with Gasteiger partial charge < -0.3 is 9.47 Å². The van der Waals surface area contributed by atoms with Crippen LogP contribution in [0.1, 0.15) is 119 Å². The first-order chi connectivity index (χ1) is 22.4. The van der Waals surface area contributed by atoms with Gasteiger partial charge in [0.2, 0.25) is 0 Å². The SMILES string of the molecule is CCCc1c(CCC)c(CCC)c2c(c1CCC)Cc1c(c(-c3ccccc3)c(C(=O)OC)c(C(=O)OC)c1-c1ccccc1)C2. The summed E-state index contributed by atoms with van der Waals surface area (Å²) in [5, 5.41) is 0. The van der Waals surface area contributed by atoms with Gasteiger partial charge in [-0.3, -0.25) is 0 Å². The van der Waals surface area contributed by atoms with Crippen LogP contribution in [0.3, 0.4) is 0 Å². The highest BCUT2D eigenvalue weighted by Gasteiger charge is 2.36. The first kappa shape index (κ1) is 33.2. The van der Waals surface area contributed by atoms with E-state index in [1.807, 2.05) is 60.7 Å². The van der Waals surface area contributed by atoms with Crippen LogP contribution in [-0.2, 0) is 48.0 Å². The van der Waals surface area contributed by atoms with Gasteiger partial charge in [-0.1, -0.05) is 114 Å². The molecule has 0 bridgehead atoms. The van der Waals surface area contributed by atoms with E-state index in [-0.39, 0.29) is 11.1 Å². The Labute approximate surface area is 275 Å². The quantitative estimate of drug-likeness (QED) is 0.131. The third kappa shape index (κ3) is 6.02. The summed E-state index contributed by atoms with van der Waals surface area (Å²) >= 11 is 0. The predicted octanol–water partition coefficient (Wildman–Crippen LogP) is 9.90. The molecule has 4 nitrogen and oxygen atoms in total. The molecule has 0 saturated carbocycles. The van der Waals surface area contributed by atoms with Crippen molar-refractivity contribution in [3.8, 4) is 22.3 Å². The summed E-state index contributed by atoms with van der Waals surface area (Å²) in [5.41, 5.74) is 15.1. The first-order valence-corrected chi connectivity index (χ1v) is 17.1. The van der Waals surface area contributed by atoms with Crippen molar-refractivity contribution in [3.63, 3.8) is 0 Å². The molecule has 4 heteroatoms. The normalized spacial score (nSPS) is 12.0. The molecule has 4 aromatic rings. The van der Waals surface area contributed by atoms with Crippen molar-refractivity contribution in [2.24, 2.45) is 0 Å². The predicted molar refractivity (Wildman–Crippen MR) is 188 cm³/mol. The summed E-state index contributed by atoms with van der Waals surface area (Å²) in [5.74, 6) is -1.06. The van der Waals surface area contributed by atoms with Crippen LogP contribution < -0.4 is 0 Å². The Morgan fingerprint density at radius 3 is 1.13 bits per heavy atom. The summed E-state index contributed by atoms with van der Waals surface area (Å²) in [4.78, 5) is 27.8. The molecule has 1 aliphatic carbocycles. The zero-order valence-corrected chi connectivity index (χ0v) is 28.5. The van der Waals surface area contributed by atoms with Crippen LogP contribution in [0.25, 0.3) is 22.3 Å². The lowest BCUT2D eigenvalue weighted by atomic mass is 9.70. The van der Waals surface area contributed by atoms with Gasteiger partial charge >= 0.3 is 11.9 Å². The molecule has 5 rings (SSSR count). The van der Waals surface area contributed by atoms with Gasteiger partial charge in [-0.15, -0.1) is 0 Å². The van der Waals surface area contributed by atoms with Gasteiger partial charge in [0.05, 0.1) is 25.3 Å². The second kappa shape index (κ2) is 14.9. The van der Waals surface area contributed by atoms with Crippen LogP contribution in [0, 0.1) is 0 Å². The minimum absolute atomic E-state index is 0.281. The van der Waals surface area contributed by atoms with Gasteiger partial charge in [-0.25, -0.2) is 9.59 Å². The van der Waals surface area contributed by atoms with Gasteiger partial charge in [-0.2, -0.15) is 0 Å². The van der Waals surface area contributed by atoms with E-state index in [4.69, 9.17) is 9.47 Å². The summed E-state index contributed by atoms with van der Waals surface area (Å²) in [6.07, 6.45) is 10.00. The number of fused-ring (bicyclic) bond motifs is 2. The molecule has 0 aromatic heterocycles. The maximum Gasteiger partial charge on any atom is 0.339 e. The first-order valence-electron chi connectivity index (χ1n) is 17.1. The van der Waals surface area contributed by atoms with Crippen molar-refractivity contribution in [1.29, 1.82) is 0 Å². The number of esters is 2. The van der Waals surface area contributed by atoms with E-state index in [2.05, 4.69) is 27.7 Å². The molecular formula is C42H48O4. The van der Waals surface area contributed by atoms with Gasteiger partial charge in [0.25, 0.3) is 0 Å². The number of hydrogen-bond acceptors (Lipinski definition) is 4. The second-order valence-electron chi connectivity index (χ2n) is 12.4. The highest BCUT2D eigenvalue weighted by Crippen LogP contribution is 2.48. The lowest BCUT2D eigenvalue weighted by Crippen LogP contribution is -2.24. The molecule has 0 N–H and O–H groups in total. The Morgan fingerprint density at radius 2 is 0.826 bits per heavy atom. The van der Waals surface area contributed by atoms with Gasteiger partial charge in [-0.05, 0) is 94.2 Å². The molecule has 0 heterocycles. The average Bonchev–Trinajstić information content (AvgIpc) is 3.09. The molecule has 46 heavy (non-hydrogen) atoms. The molecule has 240 valence electrons. The Morgan fingerprint density at radius 1 is 0.500 bits per heavy atom. The van der Waals surface area contributed by atoms with Crippen molar-refractivity contribution in [2.45, 2.75) is 91.9 Å². The molecular weight excluding hydrogens is 568 g/mol. The molecule has 0 radical (unpaired) electrons. The number of carbonyl (C=O) groups excluding carboxylic acids is 2. The summed E-state index contributed by atoms with van der Waals surface area (Å²) in [7, 11) is 2.77. The highest BCUT2D eigenvalue weighted by molar-refractivity contribution is 6.13. The summed E-state index contributed by atoms with van der Waals surface area (Å²) in [6.45, 7) is 9.13. The molecule has 0 aliphatic heterocycles. The van der Waals surface area contributed by atoms with Crippen LogP contribution in [0.5, 0.6) is 0 Å². The maximum atomic E-state index is 13.9. The minimum atomic E-state index is -0.532. The Bertz CT molecular complexity index is 1590. The summed E-state index contributed by atoms with van der Waals surface area (Å²) < 4.78 is 10.9. The van der Waals surface area contributed by atoms with Crippen molar-refractivity contribution in [1.82, 2.24) is 0 Å². The molecule has 0 amide bonds. The average molecular weight is 617 g/mol. The zero-order valence-electron chi connectivity index (χ0n) is 28.5.